The third-order valence-corrected chi connectivity index (χ3v) is 4.59. The first-order valence-electron chi connectivity index (χ1n) is 8.07. The zero-order chi connectivity index (χ0) is 15.1. The first-order valence-corrected chi connectivity index (χ1v) is 8.07. The number of fused-ring (bicyclic) bond motifs is 4. The van der Waals surface area contributed by atoms with Crippen molar-refractivity contribution in [1.82, 2.24) is 9.55 Å². The van der Waals surface area contributed by atoms with E-state index >= 15 is 0 Å². The summed E-state index contributed by atoms with van der Waals surface area (Å²) in [5.41, 5.74) is 5.04. The number of pyridine rings is 1. The highest BCUT2D eigenvalue weighted by molar-refractivity contribution is 6.03. The van der Waals surface area contributed by atoms with Gasteiger partial charge in [-0.3, -0.25) is 0 Å². The monoisotopic (exact) mass is 288 g/mol. The molecule has 0 saturated heterocycles. The van der Waals surface area contributed by atoms with E-state index in [1.807, 2.05) is 0 Å². The summed E-state index contributed by atoms with van der Waals surface area (Å²) < 4.78 is 2.40. The van der Waals surface area contributed by atoms with Gasteiger partial charge >= 0.3 is 0 Å². The fourth-order valence-corrected chi connectivity index (χ4v) is 3.46. The number of unbranched alkanes of at least 4 members (excludes halogenated alkanes) is 1. The Hall–Kier alpha value is -2.35. The minimum absolute atomic E-state index is 1.02. The maximum absolute atomic E-state index is 4.94. The molecule has 0 spiro atoms. The van der Waals surface area contributed by atoms with Gasteiger partial charge in [-0.25, -0.2) is 4.98 Å². The average Bonchev–Trinajstić information content (AvgIpc) is 2.94. The standard InChI is InChI=1S/C20H20N2/c1-3-4-13-22-18-12-8-6-9-15(18)14(2)19-16-10-5-7-11-17(16)21-20(19)22/h5-12H,3-4,13H2,1-2H3. The molecule has 2 aromatic rings. The van der Waals surface area contributed by atoms with E-state index in [9.17, 15) is 0 Å². The van der Waals surface area contributed by atoms with E-state index in [4.69, 9.17) is 4.98 Å². The van der Waals surface area contributed by atoms with Crippen LogP contribution in [0.25, 0.3) is 33.2 Å². The molecule has 0 radical (unpaired) electrons. The van der Waals surface area contributed by atoms with Crippen molar-refractivity contribution < 1.29 is 0 Å². The fraction of sp³-hybridized carbons (Fsp3) is 0.250. The summed E-state index contributed by atoms with van der Waals surface area (Å²) in [6.07, 6.45) is 2.37. The molecule has 0 fully saturated rings. The van der Waals surface area contributed by atoms with Crippen molar-refractivity contribution in [3.8, 4) is 11.4 Å². The van der Waals surface area contributed by atoms with Crippen molar-refractivity contribution in [2.75, 3.05) is 0 Å². The molecule has 2 aliphatic rings. The van der Waals surface area contributed by atoms with Gasteiger partial charge in [0, 0.05) is 28.4 Å². The second-order valence-electron chi connectivity index (χ2n) is 5.97. The average molecular weight is 288 g/mol. The molecule has 0 aromatic heterocycles. The van der Waals surface area contributed by atoms with E-state index in [1.54, 1.807) is 0 Å². The second-order valence-corrected chi connectivity index (χ2v) is 5.97. The van der Waals surface area contributed by atoms with Crippen LogP contribution in [0, 0.1) is 6.92 Å². The number of aromatic nitrogens is 2. The van der Waals surface area contributed by atoms with Gasteiger partial charge in [0.05, 0.1) is 5.52 Å². The van der Waals surface area contributed by atoms with E-state index in [1.165, 1.54) is 40.3 Å². The molecular formula is C20H20N2. The zero-order valence-electron chi connectivity index (χ0n) is 13.1. The molecule has 2 nitrogen and oxygen atoms in total. The van der Waals surface area contributed by atoms with Gasteiger partial charge in [0.15, 0.2) is 0 Å². The van der Waals surface area contributed by atoms with Crippen LogP contribution in [0.1, 0.15) is 25.3 Å². The van der Waals surface area contributed by atoms with Crippen LogP contribution in [-0.2, 0) is 6.54 Å². The van der Waals surface area contributed by atoms with Crippen LogP contribution >= 0.6 is 0 Å². The largest absolute Gasteiger partial charge is 0.325 e. The predicted molar refractivity (Wildman–Crippen MR) is 93.5 cm³/mol. The Morgan fingerprint density at radius 1 is 0.955 bits per heavy atom. The van der Waals surface area contributed by atoms with E-state index in [2.05, 4.69) is 66.9 Å². The van der Waals surface area contributed by atoms with Crippen molar-refractivity contribution in [3.63, 3.8) is 0 Å². The lowest BCUT2D eigenvalue weighted by Crippen LogP contribution is -2.07. The first kappa shape index (κ1) is 13.3. The van der Waals surface area contributed by atoms with Crippen molar-refractivity contribution >= 4 is 21.8 Å². The van der Waals surface area contributed by atoms with Gasteiger partial charge in [-0.15, -0.1) is 0 Å². The number of aryl methyl sites for hydroxylation is 2. The molecule has 4 rings (SSSR count). The molecule has 2 heteroatoms. The molecular weight excluding hydrogens is 268 g/mol. The highest BCUT2D eigenvalue weighted by atomic mass is 15.1. The van der Waals surface area contributed by atoms with Gasteiger partial charge in [-0.05, 0) is 31.0 Å². The van der Waals surface area contributed by atoms with Crippen LogP contribution in [0.2, 0.25) is 0 Å². The maximum Gasteiger partial charge on any atom is 0.141 e. The Balaban J connectivity index is 2.17. The molecule has 0 unspecified atom stereocenters. The lowest BCUT2D eigenvalue weighted by molar-refractivity contribution is 0.646. The summed E-state index contributed by atoms with van der Waals surface area (Å²) in [6, 6.07) is 17.2. The lowest BCUT2D eigenvalue weighted by atomic mass is 10.00. The molecule has 0 amide bonds. The Labute approximate surface area is 130 Å². The minimum Gasteiger partial charge on any atom is -0.325 e. The first-order chi connectivity index (χ1) is 10.8. The molecule has 0 N–H and O–H groups in total. The molecule has 0 atom stereocenters. The number of rotatable bonds is 3. The fourth-order valence-electron chi connectivity index (χ4n) is 3.46. The number of benzene rings is 2. The summed E-state index contributed by atoms with van der Waals surface area (Å²) >= 11 is 0. The van der Waals surface area contributed by atoms with Crippen molar-refractivity contribution in [3.05, 3.63) is 54.1 Å². The third kappa shape index (κ3) is 1.83. The van der Waals surface area contributed by atoms with E-state index in [0.29, 0.717) is 0 Å². The highest BCUT2D eigenvalue weighted by Crippen LogP contribution is 2.38. The Kier molecular flexibility index (Phi) is 3.11. The molecule has 110 valence electrons. The predicted octanol–water partition coefficient (Wildman–Crippen LogP) is 5.40. The van der Waals surface area contributed by atoms with Gasteiger partial charge in [0.25, 0.3) is 0 Å². The molecule has 0 saturated carbocycles. The normalized spacial score (nSPS) is 11.7. The van der Waals surface area contributed by atoms with Crippen LogP contribution in [0.4, 0.5) is 0 Å². The summed E-state index contributed by atoms with van der Waals surface area (Å²) in [4.78, 5) is 4.94. The van der Waals surface area contributed by atoms with E-state index < -0.39 is 0 Å². The maximum atomic E-state index is 4.94. The number of para-hydroxylation sites is 2. The van der Waals surface area contributed by atoms with Gasteiger partial charge in [0.1, 0.15) is 5.82 Å². The summed E-state index contributed by atoms with van der Waals surface area (Å²) in [7, 11) is 0. The number of hydrogen-bond donors (Lipinski definition) is 0. The van der Waals surface area contributed by atoms with Crippen LogP contribution in [0.15, 0.2) is 48.5 Å². The van der Waals surface area contributed by atoms with Crippen molar-refractivity contribution in [2.24, 2.45) is 0 Å². The second kappa shape index (κ2) is 5.13. The quantitative estimate of drug-likeness (QED) is 0.493. The molecule has 22 heavy (non-hydrogen) atoms. The van der Waals surface area contributed by atoms with E-state index in [-0.39, 0.29) is 0 Å². The number of nitrogens with zero attached hydrogens (tertiary/aromatic N) is 2. The van der Waals surface area contributed by atoms with Gasteiger partial charge < -0.3 is 4.57 Å². The van der Waals surface area contributed by atoms with Crippen LogP contribution in [0.3, 0.4) is 0 Å². The summed E-state index contributed by atoms with van der Waals surface area (Å²) in [5.74, 6) is 1.13. The third-order valence-electron chi connectivity index (χ3n) is 4.59. The number of hydrogen-bond acceptors (Lipinski definition) is 1. The van der Waals surface area contributed by atoms with Crippen LogP contribution < -0.4 is 0 Å². The minimum atomic E-state index is 1.02. The Bertz CT molecular complexity index is 933. The van der Waals surface area contributed by atoms with Crippen LogP contribution in [-0.4, -0.2) is 9.55 Å². The molecule has 2 heterocycles. The molecule has 2 aliphatic heterocycles. The topological polar surface area (TPSA) is 17.8 Å². The highest BCUT2D eigenvalue weighted by Gasteiger charge is 2.20. The van der Waals surface area contributed by atoms with Crippen molar-refractivity contribution in [1.29, 1.82) is 0 Å². The summed E-state index contributed by atoms with van der Waals surface area (Å²) in [5, 5.41) is 2.61. The Morgan fingerprint density at radius 3 is 2.50 bits per heavy atom. The van der Waals surface area contributed by atoms with Crippen molar-refractivity contribution in [2.45, 2.75) is 33.2 Å². The SMILES string of the molecule is CCCCn1c2nc3ccccc3c-2c(C)c2ccccc21. The molecule has 0 bridgehead atoms. The molecule has 0 aliphatic carbocycles. The van der Waals surface area contributed by atoms with Crippen LogP contribution in [0.5, 0.6) is 0 Å². The smallest absolute Gasteiger partial charge is 0.141 e. The molecule has 2 aromatic carbocycles. The van der Waals surface area contributed by atoms with Gasteiger partial charge in [-0.2, -0.15) is 0 Å². The van der Waals surface area contributed by atoms with E-state index in [0.717, 1.165) is 17.9 Å². The Morgan fingerprint density at radius 2 is 1.68 bits per heavy atom. The van der Waals surface area contributed by atoms with Gasteiger partial charge in [0.2, 0.25) is 0 Å². The van der Waals surface area contributed by atoms with Gasteiger partial charge in [-0.1, -0.05) is 49.7 Å². The lowest BCUT2D eigenvalue weighted by Gasteiger charge is -2.18. The summed E-state index contributed by atoms with van der Waals surface area (Å²) in [6.45, 7) is 5.49. The zero-order valence-corrected chi connectivity index (χ0v) is 13.1.